The first-order valence-corrected chi connectivity index (χ1v) is 5.61. The van der Waals surface area contributed by atoms with Crippen LogP contribution < -0.4 is 0 Å². The zero-order chi connectivity index (χ0) is 14.4. The molecule has 0 aromatic carbocycles. The Morgan fingerprint density at radius 3 is 2.74 bits per heavy atom. The van der Waals surface area contributed by atoms with Crippen LogP contribution in [0.3, 0.4) is 0 Å². The van der Waals surface area contributed by atoms with Crippen molar-refractivity contribution in [1.29, 1.82) is 0 Å². The predicted octanol–water partition coefficient (Wildman–Crippen LogP) is 0.114. The molecule has 0 saturated heterocycles. The number of aliphatic carboxylic acids is 1. The normalized spacial score (nSPS) is 10.2. The standard InChI is InChI=1S/C10H14N4O5/c1-2-4-12(7-10(16)17)9(15)6-13-5-3-8(11-13)14(18)19/h3,5H,2,4,6-7H2,1H3,(H,16,17). The van der Waals surface area contributed by atoms with Gasteiger partial charge in [0.1, 0.15) is 13.1 Å². The molecule has 0 fully saturated rings. The molecule has 1 aromatic rings. The SMILES string of the molecule is CCCN(CC(=O)O)C(=O)Cn1ccc([N+](=O)[O-])n1. The molecule has 0 atom stereocenters. The van der Waals surface area contributed by atoms with Gasteiger partial charge in [0.2, 0.25) is 5.91 Å². The van der Waals surface area contributed by atoms with Gasteiger partial charge in [0.15, 0.2) is 0 Å². The Balaban J connectivity index is 2.69. The van der Waals surface area contributed by atoms with Gasteiger partial charge < -0.3 is 20.1 Å². The van der Waals surface area contributed by atoms with Gasteiger partial charge >= 0.3 is 11.8 Å². The van der Waals surface area contributed by atoms with Crippen LogP contribution in [0.15, 0.2) is 12.3 Å². The van der Waals surface area contributed by atoms with Crippen molar-refractivity contribution < 1.29 is 19.6 Å². The third-order valence-corrected chi connectivity index (χ3v) is 2.28. The highest BCUT2D eigenvalue weighted by molar-refractivity contribution is 5.81. The highest BCUT2D eigenvalue weighted by Gasteiger charge is 2.19. The molecule has 104 valence electrons. The van der Waals surface area contributed by atoms with E-state index in [1.807, 2.05) is 6.92 Å². The van der Waals surface area contributed by atoms with Crippen LogP contribution in [0.2, 0.25) is 0 Å². The molecule has 0 aliphatic heterocycles. The van der Waals surface area contributed by atoms with Gasteiger partial charge in [-0.15, -0.1) is 0 Å². The number of carboxylic acid groups (broad SMARTS) is 1. The molecule has 0 aliphatic carbocycles. The van der Waals surface area contributed by atoms with Crippen LogP contribution in [0, 0.1) is 10.1 Å². The molecule has 0 aliphatic rings. The minimum Gasteiger partial charge on any atom is -0.480 e. The van der Waals surface area contributed by atoms with E-state index in [1.165, 1.54) is 17.2 Å². The average Bonchev–Trinajstić information content (AvgIpc) is 2.76. The van der Waals surface area contributed by atoms with Crippen molar-refractivity contribution in [3.05, 3.63) is 22.4 Å². The first-order valence-electron chi connectivity index (χ1n) is 5.61. The average molecular weight is 270 g/mol. The fourth-order valence-electron chi connectivity index (χ4n) is 1.50. The quantitative estimate of drug-likeness (QED) is 0.555. The Morgan fingerprint density at radius 2 is 2.26 bits per heavy atom. The Labute approximate surface area is 108 Å². The lowest BCUT2D eigenvalue weighted by Crippen LogP contribution is -2.38. The van der Waals surface area contributed by atoms with E-state index in [0.717, 1.165) is 4.68 Å². The second kappa shape index (κ2) is 6.47. The van der Waals surface area contributed by atoms with Gasteiger partial charge in [0.05, 0.1) is 17.4 Å². The van der Waals surface area contributed by atoms with Crippen molar-refractivity contribution in [2.24, 2.45) is 0 Å². The Bertz CT molecular complexity index is 484. The van der Waals surface area contributed by atoms with E-state index in [4.69, 9.17) is 5.11 Å². The van der Waals surface area contributed by atoms with Gasteiger partial charge in [-0.25, -0.2) is 0 Å². The monoisotopic (exact) mass is 270 g/mol. The number of hydrogen-bond acceptors (Lipinski definition) is 5. The lowest BCUT2D eigenvalue weighted by atomic mass is 10.3. The van der Waals surface area contributed by atoms with Gasteiger partial charge in [-0.3, -0.25) is 9.59 Å². The second-order valence-electron chi connectivity index (χ2n) is 3.84. The number of amides is 1. The number of rotatable bonds is 7. The fourth-order valence-corrected chi connectivity index (χ4v) is 1.50. The summed E-state index contributed by atoms with van der Waals surface area (Å²) in [6.07, 6.45) is 1.93. The van der Waals surface area contributed by atoms with Gasteiger partial charge in [-0.2, -0.15) is 4.68 Å². The Hall–Kier alpha value is -2.45. The molecule has 0 saturated carbocycles. The summed E-state index contributed by atoms with van der Waals surface area (Å²) in [5, 5.41) is 22.7. The molecule has 0 unspecified atom stereocenters. The summed E-state index contributed by atoms with van der Waals surface area (Å²) in [5.74, 6) is -1.90. The first kappa shape index (κ1) is 14.6. The van der Waals surface area contributed by atoms with Crippen molar-refractivity contribution in [1.82, 2.24) is 14.7 Å². The van der Waals surface area contributed by atoms with Crippen LogP contribution in [-0.2, 0) is 16.1 Å². The molecule has 0 radical (unpaired) electrons. The summed E-state index contributed by atoms with van der Waals surface area (Å²) in [5.41, 5.74) is 0. The van der Waals surface area contributed by atoms with Crippen LogP contribution in [0.25, 0.3) is 0 Å². The summed E-state index contributed by atoms with van der Waals surface area (Å²) >= 11 is 0. The molecule has 0 bridgehead atoms. The summed E-state index contributed by atoms with van der Waals surface area (Å²) in [6.45, 7) is 1.52. The smallest absolute Gasteiger partial charge is 0.389 e. The number of nitrogens with zero attached hydrogens (tertiary/aromatic N) is 4. The zero-order valence-electron chi connectivity index (χ0n) is 10.4. The topological polar surface area (TPSA) is 119 Å². The molecule has 1 N–H and O–H groups in total. The predicted molar refractivity (Wildman–Crippen MR) is 63.4 cm³/mol. The van der Waals surface area contributed by atoms with Crippen molar-refractivity contribution >= 4 is 17.7 Å². The molecule has 19 heavy (non-hydrogen) atoms. The number of carboxylic acids is 1. The maximum absolute atomic E-state index is 11.8. The lowest BCUT2D eigenvalue weighted by Gasteiger charge is -2.19. The number of hydrogen-bond donors (Lipinski definition) is 1. The van der Waals surface area contributed by atoms with E-state index in [9.17, 15) is 19.7 Å². The Kier molecular flexibility index (Phi) is 4.98. The Morgan fingerprint density at radius 1 is 1.58 bits per heavy atom. The van der Waals surface area contributed by atoms with E-state index < -0.39 is 23.3 Å². The summed E-state index contributed by atoms with van der Waals surface area (Å²) in [4.78, 5) is 33.4. The summed E-state index contributed by atoms with van der Waals surface area (Å²) in [6, 6.07) is 1.18. The molecule has 9 heteroatoms. The van der Waals surface area contributed by atoms with E-state index in [0.29, 0.717) is 13.0 Å². The number of nitro groups is 1. The molecule has 9 nitrogen and oxygen atoms in total. The van der Waals surface area contributed by atoms with Crippen LogP contribution in [0.1, 0.15) is 13.3 Å². The molecular weight excluding hydrogens is 256 g/mol. The highest BCUT2D eigenvalue weighted by Crippen LogP contribution is 2.05. The van der Waals surface area contributed by atoms with Crippen molar-refractivity contribution in [2.75, 3.05) is 13.1 Å². The number of carbonyl (C=O) groups excluding carboxylic acids is 1. The third-order valence-electron chi connectivity index (χ3n) is 2.28. The number of carbonyl (C=O) groups is 2. The highest BCUT2D eigenvalue weighted by atomic mass is 16.6. The third kappa shape index (κ3) is 4.37. The summed E-state index contributed by atoms with van der Waals surface area (Å²) in [7, 11) is 0. The largest absolute Gasteiger partial charge is 0.480 e. The number of aromatic nitrogens is 2. The van der Waals surface area contributed by atoms with Crippen LogP contribution in [0.4, 0.5) is 5.82 Å². The van der Waals surface area contributed by atoms with E-state index in [-0.39, 0.29) is 12.4 Å². The molecular formula is C10H14N4O5. The van der Waals surface area contributed by atoms with Gasteiger partial charge in [0.25, 0.3) is 0 Å². The lowest BCUT2D eigenvalue weighted by molar-refractivity contribution is -0.389. The van der Waals surface area contributed by atoms with E-state index in [1.54, 1.807) is 0 Å². The van der Waals surface area contributed by atoms with Crippen molar-refractivity contribution in [3.8, 4) is 0 Å². The van der Waals surface area contributed by atoms with Crippen molar-refractivity contribution in [3.63, 3.8) is 0 Å². The fraction of sp³-hybridized carbons (Fsp3) is 0.500. The molecule has 0 spiro atoms. The minimum absolute atomic E-state index is 0.221. The van der Waals surface area contributed by atoms with Gasteiger partial charge in [-0.05, 0) is 11.3 Å². The zero-order valence-corrected chi connectivity index (χ0v) is 10.4. The van der Waals surface area contributed by atoms with Crippen LogP contribution in [0.5, 0.6) is 0 Å². The molecule has 1 amide bonds. The molecule has 1 rings (SSSR count). The maximum atomic E-state index is 11.8. The minimum atomic E-state index is -1.10. The molecule has 1 aromatic heterocycles. The van der Waals surface area contributed by atoms with Crippen molar-refractivity contribution in [2.45, 2.75) is 19.9 Å². The maximum Gasteiger partial charge on any atom is 0.389 e. The van der Waals surface area contributed by atoms with Gasteiger partial charge in [0, 0.05) is 6.54 Å². The van der Waals surface area contributed by atoms with Crippen LogP contribution >= 0.6 is 0 Å². The van der Waals surface area contributed by atoms with E-state index >= 15 is 0 Å². The van der Waals surface area contributed by atoms with Crippen LogP contribution in [-0.4, -0.2) is 49.7 Å². The second-order valence-corrected chi connectivity index (χ2v) is 3.84. The van der Waals surface area contributed by atoms with Gasteiger partial charge in [-0.1, -0.05) is 6.92 Å². The summed E-state index contributed by atoms with van der Waals surface area (Å²) < 4.78 is 1.12. The first-order chi connectivity index (χ1) is 8.93. The molecule has 1 heterocycles. The van der Waals surface area contributed by atoms with E-state index in [2.05, 4.69) is 5.10 Å².